The molecule has 1 aromatic carbocycles. The lowest BCUT2D eigenvalue weighted by atomic mass is 10.1. The predicted molar refractivity (Wildman–Crippen MR) is 109 cm³/mol. The summed E-state index contributed by atoms with van der Waals surface area (Å²) in [6.07, 6.45) is 1.30. The third-order valence-electron chi connectivity index (χ3n) is 4.26. The molecular weight excluding hydrogens is 394 g/mol. The van der Waals surface area contributed by atoms with Crippen LogP contribution in [0.4, 0.5) is 0 Å². The Kier molecular flexibility index (Phi) is 6.40. The van der Waals surface area contributed by atoms with E-state index in [0.29, 0.717) is 10.9 Å². The number of benzene rings is 1. The summed E-state index contributed by atoms with van der Waals surface area (Å²) in [7, 11) is 1.27. The molecule has 0 saturated carbocycles. The average molecular weight is 413 g/mol. The van der Waals surface area contributed by atoms with Crippen molar-refractivity contribution in [3.05, 3.63) is 68.6 Å². The molecule has 1 unspecified atom stereocenters. The maximum atomic E-state index is 12.5. The molecule has 0 saturated heterocycles. The van der Waals surface area contributed by atoms with Gasteiger partial charge in [-0.3, -0.25) is 19.2 Å². The summed E-state index contributed by atoms with van der Waals surface area (Å²) in [5.41, 5.74) is 0.119. The van der Waals surface area contributed by atoms with Gasteiger partial charge in [0.05, 0.1) is 26.1 Å². The molecule has 9 heteroatoms. The van der Waals surface area contributed by atoms with Crippen LogP contribution in [0.2, 0.25) is 0 Å². The Balaban J connectivity index is 1.65. The molecule has 3 N–H and O–H groups in total. The van der Waals surface area contributed by atoms with Crippen LogP contribution >= 0.6 is 11.3 Å². The van der Waals surface area contributed by atoms with E-state index in [1.165, 1.54) is 24.6 Å². The molecule has 29 heavy (non-hydrogen) atoms. The normalized spacial score (nSPS) is 11.6. The number of nitrogens with one attached hydrogen (secondary N) is 3. The first-order valence-electron chi connectivity index (χ1n) is 8.77. The summed E-state index contributed by atoms with van der Waals surface area (Å²) in [6, 6.07) is 9.89. The third kappa shape index (κ3) is 4.88. The van der Waals surface area contributed by atoms with E-state index in [0.717, 1.165) is 4.88 Å². The van der Waals surface area contributed by atoms with E-state index in [4.69, 9.17) is 0 Å². The second-order valence-electron chi connectivity index (χ2n) is 6.18. The van der Waals surface area contributed by atoms with Crippen molar-refractivity contribution in [2.24, 2.45) is 0 Å². The molecule has 0 fully saturated rings. The molecular formula is C20H19N3O5S. The first-order chi connectivity index (χ1) is 14.0. The Hall–Kier alpha value is -3.46. The molecule has 2 amide bonds. The third-order valence-corrected chi connectivity index (χ3v) is 5.25. The van der Waals surface area contributed by atoms with Gasteiger partial charge >= 0.3 is 5.97 Å². The molecule has 2 heterocycles. The van der Waals surface area contributed by atoms with Crippen molar-refractivity contribution in [2.75, 3.05) is 13.7 Å². The lowest BCUT2D eigenvalue weighted by molar-refractivity contribution is -0.141. The zero-order chi connectivity index (χ0) is 20.8. The number of H-pyrrole nitrogens is 1. The van der Waals surface area contributed by atoms with Gasteiger partial charge < -0.3 is 20.4 Å². The maximum Gasteiger partial charge on any atom is 0.307 e. The summed E-state index contributed by atoms with van der Waals surface area (Å²) >= 11 is 1.39. The number of esters is 1. The predicted octanol–water partition coefficient (Wildman–Crippen LogP) is 1.74. The van der Waals surface area contributed by atoms with Crippen LogP contribution in [0.1, 0.15) is 27.7 Å². The number of ether oxygens (including phenoxy) is 1. The van der Waals surface area contributed by atoms with Crippen molar-refractivity contribution < 1.29 is 19.1 Å². The lowest BCUT2D eigenvalue weighted by Gasteiger charge is -2.16. The molecule has 3 aromatic rings. The van der Waals surface area contributed by atoms with E-state index in [9.17, 15) is 19.2 Å². The van der Waals surface area contributed by atoms with Crippen LogP contribution in [0.25, 0.3) is 10.9 Å². The van der Waals surface area contributed by atoms with E-state index in [1.807, 2.05) is 11.4 Å². The number of methoxy groups -OCH3 is 1. The molecule has 0 aliphatic heterocycles. The molecule has 2 aromatic heterocycles. The smallest absolute Gasteiger partial charge is 0.307 e. The minimum atomic E-state index is -0.659. The molecule has 0 bridgehead atoms. The maximum absolute atomic E-state index is 12.5. The first-order valence-corrected chi connectivity index (χ1v) is 9.65. The van der Waals surface area contributed by atoms with Gasteiger partial charge in [-0.05, 0) is 23.6 Å². The van der Waals surface area contributed by atoms with Gasteiger partial charge in [0.15, 0.2) is 0 Å². The molecule has 0 aliphatic carbocycles. The fraction of sp³-hybridized carbons (Fsp3) is 0.200. The summed E-state index contributed by atoms with van der Waals surface area (Å²) in [6.45, 7) is -0.339. The topological polar surface area (TPSA) is 117 Å². The van der Waals surface area contributed by atoms with Crippen LogP contribution in [-0.2, 0) is 14.3 Å². The van der Waals surface area contributed by atoms with Gasteiger partial charge in [-0.25, -0.2) is 0 Å². The largest absolute Gasteiger partial charge is 0.469 e. The Labute approximate surface area is 169 Å². The van der Waals surface area contributed by atoms with E-state index in [-0.39, 0.29) is 18.5 Å². The van der Waals surface area contributed by atoms with Crippen LogP contribution in [0.5, 0.6) is 0 Å². The number of fused-ring (bicyclic) bond motifs is 1. The van der Waals surface area contributed by atoms with E-state index in [2.05, 4.69) is 20.4 Å². The number of para-hydroxylation sites is 1. The summed E-state index contributed by atoms with van der Waals surface area (Å²) in [4.78, 5) is 52.4. The fourth-order valence-electron chi connectivity index (χ4n) is 2.80. The standard InChI is InChI=1S/C20H19N3O5S/c1-28-18(25)9-15(16-7-4-8-29-16)23-17(24)11-22-20(27)13-10-21-14-6-3-2-5-12(14)19(13)26/h2-8,10,15H,9,11H2,1H3,(H,21,26)(H,22,27)(H,23,24). The number of carbonyl (C=O) groups is 3. The molecule has 0 spiro atoms. The number of amides is 2. The Bertz CT molecular complexity index is 1090. The highest BCUT2D eigenvalue weighted by atomic mass is 32.1. The molecule has 3 rings (SSSR count). The van der Waals surface area contributed by atoms with Gasteiger partial charge in [-0.1, -0.05) is 18.2 Å². The molecule has 8 nitrogen and oxygen atoms in total. The molecule has 0 radical (unpaired) electrons. The van der Waals surface area contributed by atoms with E-state index in [1.54, 1.807) is 30.3 Å². The van der Waals surface area contributed by atoms with Gasteiger partial charge in [-0.2, -0.15) is 0 Å². The van der Waals surface area contributed by atoms with Gasteiger partial charge in [-0.15, -0.1) is 11.3 Å². The quantitative estimate of drug-likeness (QED) is 0.510. The minimum absolute atomic E-state index is 0.0267. The molecule has 150 valence electrons. The van der Waals surface area contributed by atoms with Crippen molar-refractivity contribution in [3.8, 4) is 0 Å². The van der Waals surface area contributed by atoms with Crippen LogP contribution < -0.4 is 16.1 Å². The zero-order valence-corrected chi connectivity index (χ0v) is 16.4. The summed E-state index contributed by atoms with van der Waals surface area (Å²) < 4.78 is 4.67. The van der Waals surface area contributed by atoms with Gasteiger partial charge in [0.2, 0.25) is 11.3 Å². The number of thiophene rings is 1. The Morgan fingerprint density at radius 2 is 1.97 bits per heavy atom. The first kappa shape index (κ1) is 20.3. The minimum Gasteiger partial charge on any atom is -0.469 e. The number of pyridine rings is 1. The monoisotopic (exact) mass is 413 g/mol. The van der Waals surface area contributed by atoms with Crippen molar-refractivity contribution in [3.63, 3.8) is 0 Å². The SMILES string of the molecule is COC(=O)CC(NC(=O)CNC(=O)c1c[nH]c2ccccc2c1=O)c1cccs1. The van der Waals surface area contributed by atoms with Crippen molar-refractivity contribution >= 4 is 40.0 Å². The van der Waals surface area contributed by atoms with Crippen LogP contribution in [0.15, 0.2) is 52.8 Å². The van der Waals surface area contributed by atoms with E-state index >= 15 is 0 Å². The van der Waals surface area contributed by atoms with Crippen molar-refractivity contribution in [1.82, 2.24) is 15.6 Å². The Morgan fingerprint density at radius 3 is 2.69 bits per heavy atom. The van der Waals surface area contributed by atoms with Crippen LogP contribution in [-0.4, -0.2) is 36.4 Å². The van der Waals surface area contributed by atoms with Crippen LogP contribution in [0, 0.1) is 0 Å². The van der Waals surface area contributed by atoms with Crippen LogP contribution in [0.3, 0.4) is 0 Å². The zero-order valence-electron chi connectivity index (χ0n) is 15.6. The average Bonchev–Trinajstić information content (AvgIpc) is 3.27. The highest BCUT2D eigenvalue weighted by Gasteiger charge is 2.20. The number of rotatable bonds is 7. The summed E-state index contributed by atoms with van der Waals surface area (Å²) in [5.74, 6) is -1.61. The number of aromatic amines is 1. The number of aromatic nitrogens is 1. The number of hydrogen-bond acceptors (Lipinski definition) is 6. The highest BCUT2D eigenvalue weighted by Crippen LogP contribution is 2.22. The molecule has 1 atom stereocenters. The second kappa shape index (κ2) is 9.16. The van der Waals surface area contributed by atoms with Gasteiger partial charge in [0.25, 0.3) is 5.91 Å². The van der Waals surface area contributed by atoms with Crippen molar-refractivity contribution in [1.29, 1.82) is 0 Å². The summed E-state index contributed by atoms with van der Waals surface area (Å²) in [5, 5.41) is 7.37. The molecule has 0 aliphatic rings. The number of carbonyl (C=O) groups excluding carboxylic acids is 3. The van der Waals surface area contributed by atoms with Gasteiger partial charge in [0, 0.05) is 22.0 Å². The second-order valence-corrected chi connectivity index (χ2v) is 7.15. The highest BCUT2D eigenvalue weighted by molar-refractivity contribution is 7.10. The van der Waals surface area contributed by atoms with Gasteiger partial charge in [0.1, 0.15) is 5.56 Å². The van der Waals surface area contributed by atoms with E-state index < -0.39 is 29.3 Å². The number of hydrogen-bond donors (Lipinski definition) is 3. The Morgan fingerprint density at radius 1 is 1.17 bits per heavy atom. The van der Waals surface area contributed by atoms with Crippen molar-refractivity contribution in [2.45, 2.75) is 12.5 Å². The lowest BCUT2D eigenvalue weighted by Crippen LogP contribution is -2.40. The fourth-order valence-corrected chi connectivity index (χ4v) is 3.58.